The summed E-state index contributed by atoms with van der Waals surface area (Å²) in [5.41, 5.74) is 0. The first-order valence-electron chi connectivity index (χ1n) is 20.9. The fourth-order valence-corrected chi connectivity index (χ4v) is 6.52. The van der Waals surface area contributed by atoms with Crippen LogP contribution >= 0.6 is 7.82 Å². The van der Waals surface area contributed by atoms with Crippen molar-refractivity contribution in [3.8, 4) is 0 Å². The summed E-state index contributed by atoms with van der Waals surface area (Å²) in [6, 6.07) is 0. The fraction of sp³-hybridized carbons (Fsp3) is 0.927. The van der Waals surface area contributed by atoms with Crippen molar-refractivity contribution in [1.82, 2.24) is 0 Å². The maximum Gasteiger partial charge on any atom is 0.472 e. The van der Waals surface area contributed by atoms with Gasteiger partial charge in [-0.1, -0.05) is 154 Å². The van der Waals surface area contributed by atoms with Crippen LogP contribution in [0.1, 0.15) is 187 Å². The Morgan fingerprint density at radius 2 is 1.04 bits per heavy atom. The summed E-state index contributed by atoms with van der Waals surface area (Å²) in [6.45, 7) is 5.61. The van der Waals surface area contributed by atoms with Crippen LogP contribution in [0, 0.1) is 0 Å². The molecule has 0 aliphatic carbocycles. The molecule has 0 aromatic rings. The molecule has 0 saturated heterocycles. The van der Waals surface area contributed by atoms with Crippen LogP contribution in [0.3, 0.4) is 0 Å². The molecule has 0 fully saturated rings. The third kappa shape index (κ3) is 38.5. The monoisotopic (exact) mass is 733 g/mol. The first-order valence-corrected chi connectivity index (χ1v) is 22.4. The second kappa shape index (κ2) is 35.3. The van der Waals surface area contributed by atoms with E-state index in [9.17, 15) is 14.3 Å². The number of unbranched alkanes of at least 4 members (excludes halogenated alkanes) is 23. The molecule has 0 heterocycles. The third-order valence-corrected chi connectivity index (χ3v) is 10.1. The molecule has 0 amide bonds. The number of likely N-dealkylation sites (N-methyl/N-ethyl adjacent to an activating group) is 1. The van der Waals surface area contributed by atoms with E-state index in [4.69, 9.17) is 18.5 Å². The highest BCUT2D eigenvalue weighted by Crippen LogP contribution is 2.43. The van der Waals surface area contributed by atoms with Crippen LogP contribution in [0.4, 0.5) is 0 Å². The van der Waals surface area contributed by atoms with E-state index in [1.54, 1.807) is 0 Å². The summed E-state index contributed by atoms with van der Waals surface area (Å²) in [4.78, 5) is 22.8. The Hall–Kier alpha value is -0.760. The minimum absolute atomic E-state index is 0.0904. The molecular weight excluding hydrogens is 649 g/mol. The van der Waals surface area contributed by atoms with E-state index >= 15 is 0 Å². The molecule has 1 N–H and O–H groups in total. The number of carbonyl (C=O) groups is 1. The summed E-state index contributed by atoms with van der Waals surface area (Å²) < 4.78 is 34.9. The first-order chi connectivity index (χ1) is 24.1. The normalized spacial score (nSPS) is 14.0. The highest BCUT2D eigenvalue weighted by atomic mass is 31.2. The minimum Gasteiger partial charge on any atom is -0.457 e. The molecule has 2 unspecified atom stereocenters. The van der Waals surface area contributed by atoms with E-state index in [0.29, 0.717) is 24.1 Å². The zero-order valence-electron chi connectivity index (χ0n) is 33.7. The molecule has 50 heavy (non-hydrogen) atoms. The Balaban J connectivity index is 4.24. The van der Waals surface area contributed by atoms with Gasteiger partial charge in [-0.25, -0.2) is 4.57 Å². The number of carbonyl (C=O) groups excluding carboxylic acids is 1. The molecular formula is C41H83NO7P+. The quantitative estimate of drug-likeness (QED) is 0.0221. The van der Waals surface area contributed by atoms with Crippen molar-refractivity contribution in [3.05, 3.63) is 12.2 Å². The Bertz CT molecular complexity index is 817. The smallest absolute Gasteiger partial charge is 0.457 e. The van der Waals surface area contributed by atoms with Crippen LogP contribution in [-0.2, 0) is 27.9 Å². The molecule has 0 aromatic heterocycles. The average molecular weight is 733 g/mol. The van der Waals surface area contributed by atoms with Gasteiger partial charge in [-0.2, -0.15) is 0 Å². The van der Waals surface area contributed by atoms with Crippen molar-refractivity contribution < 1.29 is 37.3 Å². The Morgan fingerprint density at radius 1 is 0.600 bits per heavy atom. The van der Waals surface area contributed by atoms with Crippen LogP contribution in [0.2, 0.25) is 0 Å². The van der Waals surface area contributed by atoms with Crippen molar-refractivity contribution >= 4 is 13.8 Å². The second-order valence-electron chi connectivity index (χ2n) is 15.4. The number of esters is 1. The molecule has 298 valence electrons. The van der Waals surface area contributed by atoms with Crippen molar-refractivity contribution in [3.63, 3.8) is 0 Å². The predicted molar refractivity (Wildman–Crippen MR) is 210 cm³/mol. The van der Waals surface area contributed by atoms with Gasteiger partial charge in [0.2, 0.25) is 0 Å². The van der Waals surface area contributed by atoms with Gasteiger partial charge in [-0.05, 0) is 38.5 Å². The number of phosphoric acid groups is 1. The fourth-order valence-electron chi connectivity index (χ4n) is 5.78. The van der Waals surface area contributed by atoms with Gasteiger partial charge in [0.1, 0.15) is 19.3 Å². The lowest BCUT2D eigenvalue weighted by Gasteiger charge is -2.24. The molecule has 0 bridgehead atoms. The Labute approximate surface area is 310 Å². The Kier molecular flexibility index (Phi) is 34.7. The van der Waals surface area contributed by atoms with Gasteiger partial charge in [0.05, 0.1) is 34.4 Å². The number of rotatable bonds is 39. The van der Waals surface area contributed by atoms with Crippen molar-refractivity contribution in [2.45, 2.75) is 193 Å². The topological polar surface area (TPSA) is 91.3 Å². The maximum absolute atomic E-state index is 12.7. The second-order valence-corrected chi connectivity index (χ2v) is 16.8. The minimum atomic E-state index is -4.27. The molecule has 0 saturated carbocycles. The lowest BCUT2D eigenvalue weighted by atomic mass is 10.0. The van der Waals surface area contributed by atoms with Crippen LogP contribution in [0.5, 0.6) is 0 Å². The lowest BCUT2D eigenvalue weighted by Crippen LogP contribution is -2.37. The van der Waals surface area contributed by atoms with Gasteiger partial charge >= 0.3 is 13.8 Å². The number of phosphoric ester groups is 1. The zero-order chi connectivity index (χ0) is 37.0. The molecule has 0 rings (SSSR count). The van der Waals surface area contributed by atoms with Crippen LogP contribution in [-0.4, -0.2) is 75.6 Å². The summed E-state index contributed by atoms with van der Waals surface area (Å²) in [7, 11) is 1.67. The molecule has 9 heteroatoms. The van der Waals surface area contributed by atoms with Gasteiger partial charge in [0, 0.05) is 13.0 Å². The van der Waals surface area contributed by atoms with Crippen molar-refractivity contribution in [2.75, 3.05) is 54.1 Å². The molecule has 0 aliphatic heterocycles. The van der Waals surface area contributed by atoms with E-state index in [2.05, 4.69) is 26.0 Å². The average Bonchev–Trinajstić information content (AvgIpc) is 3.06. The largest absolute Gasteiger partial charge is 0.472 e. The number of hydrogen-bond donors (Lipinski definition) is 1. The molecule has 0 radical (unpaired) electrons. The van der Waals surface area contributed by atoms with Gasteiger partial charge in [0.15, 0.2) is 0 Å². The zero-order valence-corrected chi connectivity index (χ0v) is 34.5. The molecule has 2 atom stereocenters. The third-order valence-electron chi connectivity index (χ3n) is 9.08. The van der Waals surface area contributed by atoms with Crippen molar-refractivity contribution in [1.29, 1.82) is 0 Å². The highest BCUT2D eigenvalue weighted by Gasteiger charge is 2.26. The summed E-state index contributed by atoms with van der Waals surface area (Å²) >= 11 is 0. The van der Waals surface area contributed by atoms with E-state index in [1.807, 2.05) is 21.1 Å². The van der Waals surface area contributed by atoms with Gasteiger partial charge in [-0.15, -0.1) is 0 Å². The maximum atomic E-state index is 12.7. The van der Waals surface area contributed by atoms with Crippen LogP contribution in [0.25, 0.3) is 0 Å². The van der Waals surface area contributed by atoms with Crippen molar-refractivity contribution in [2.24, 2.45) is 0 Å². The van der Waals surface area contributed by atoms with Crippen LogP contribution < -0.4 is 0 Å². The highest BCUT2D eigenvalue weighted by molar-refractivity contribution is 7.47. The SMILES string of the molecule is CCCCC/C=C\CCCCCCCCOCC(COP(=O)(O)OCC[N+](C)(C)C)OC(=O)CCCCCCCCCCCCCCCCC. The summed E-state index contributed by atoms with van der Waals surface area (Å²) in [5.74, 6) is -0.313. The lowest BCUT2D eigenvalue weighted by molar-refractivity contribution is -0.870. The van der Waals surface area contributed by atoms with Gasteiger partial charge in [-0.3, -0.25) is 13.8 Å². The molecule has 0 aliphatic rings. The molecule has 8 nitrogen and oxygen atoms in total. The standard InChI is InChI=1S/C41H82NO7P/c1-6-8-10-12-14-16-18-20-21-22-24-26-28-30-32-34-41(43)49-40(39-48-50(44,45)47-37-35-42(3,4)5)38-46-36-33-31-29-27-25-23-19-17-15-13-11-9-7-2/h15,17,40H,6-14,16,18-39H2,1-5H3/p+1/b17-15-. The van der Waals surface area contributed by atoms with Gasteiger partial charge < -0.3 is 18.9 Å². The van der Waals surface area contributed by atoms with Gasteiger partial charge in [0.25, 0.3) is 0 Å². The number of allylic oxidation sites excluding steroid dienone is 2. The number of hydrogen-bond acceptors (Lipinski definition) is 6. The number of quaternary nitrogens is 1. The van der Waals surface area contributed by atoms with E-state index in [0.717, 1.165) is 32.1 Å². The Morgan fingerprint density at radius 3 is 1.56 bits per heavy atom. The molecule has 0 aromatic carbocycles. The van der Waals surface area contributed by atoms with E-state index in [1.165, 1.54) is 135 Å². The van der Waals surface area contributed by atoms with Crippen LogP contribution in [0.15, 0.2) is 12.2 Å². The molecule has 0 spiro atoms. The van der Waals surface area contributed by atoms with E-state index in [-0.39, 0.29) is 25.8 Å². The number of ether oxygens (including phenoxy) is 2. The first kappa shape index (κ1) is 49.2. The number of nitrogens with zero attached hydrogens (tertiary/aromatic N) is 1. The summed E-state index contributed by atoms with van der Waals surface area (Å²) in [6.07, 6.45) is 36.6. The van der Waals surface area contributed by atoms with E-state index < -0.39 is 13.9 Å². The summed E-state index contributed by atoms with van der Waals surface area (Å²) in [5, 5.41) is 0. The predicted octanol–water partition coefficient (Wildman–Crippen LogP) is 11.9.